The third-order valence-electron chi connectivity index (χ3n) is 4.34. The summed E-state index contributed by atoms with van der Waals surface area (Å²) < 4.78 is 14.9. The Balaban J connectivity index is 1.51. The van der Waals surface area contributed by atoms with Gasteiger partial charge in [0.2, 0.25) is 5.91 Å². The topological polar surface area (TPSA) is 23.6 Å². The van der Waals surface area contributed by atoms with E-state index in [4.69, 9.17) is 0 Å². The molecule has 2 aromatic carbocycles. The van der Waals surface area contributed by atoms with E-state index in [2.05, 4.69) is 15.9 Å². The van der Waals surface area contributed by atoms with Gasteiger partial charge in [0, 0.05) is 37.1 Å². The van der Waals surface area contributed by atoms with Crippen LogP contribution in [0.5, 0.6) is 0 Å². The van der Waals surface area contributed by atoms with E-state index >= 15 is 0 Å². The van der Waals surface area contributed by atoms with Gasteiger partial charge in [0.15, 0.2) is 0 Å². The molecule has 0 aromatic heterocycles. The first kappa shape index (κ1) is 17.0. The number of rotatable bonds is 4. The molecule has 5 heteroatoms. The number of carbonyl (C=O) groups is 1. The lowest BCUT2D eigenvalue weighted by Crippen LogP contribution is -2.49. The number of anilines is 1. The van der Waals surface area contributed by atoms with Crippen molar-refractivity contribution in [3.63, 3.8) is 0 Å². The maximum absolute atomic E-state index is 13.8. The van der Waals surface area contributed by atoms with Gasteiger partial charge in [-0.1, -0.05) is 40.2 Å². The third kappa shape index (κ3) is 4.15. The SMILES string of the molecule is O=C(CCc1cccc(Br)c1)N1CCN(c2ccccc2F)CC1. The Morgan fingerprint density at radius 3 is 2.50 bits per heavy atom. The Kier molecular flexibility index (Phi) is 5.51. The minimum atomic E-state index is -0.202. The molecule has 1 fully saturated rings. The van der Waals surface area contributed by atoms with Crippen LogP contribution >= 0.6 is 15.9 Å². The second-order valence-corrected chi connectivity index (χ2v) is 6.86. The maximum atomic E-state index is 13.8. The number of amides is 1. The van der Waals surface area contributed by atoms with Crippen molar-refractivity contribution in [1.29, 1.82) is 0 Å². The predicted molar refractivity (Wildman–Crippen MR) is 97.7 cm³/mol. The highest BCUT2D eigenvalue weighted by atomic mass is 79.9. The van der Waals surface area contributed by atoms with Crippen LogP contribution in [0.4, 0.5) is 10.1 Å². The number of halogens is 2. The van der Waals surface area contributed by atoms with Gasteiger partial charge in [-0.15, -0.1) is 0 Å². The number of piperazine rings is 1. The molecule has 1 amide bonds. The summed E-state index contributed by atoms with van der Waals surface area (Å²) in [7, 11) is 0. The van der Waals surface area contributed by atoms with Gasteiger partial charge >= 0.3 is 0 Å². The number of benzene rings is 2. The van der Waals surface area contributed by atoms with E-state index in [0.717, 1.165) is 16.5 Å². The van der Waals surface area contributed by atoms with Crippen molar-refractivity contribution in [2.24, 2.45) is 0 Å². The summed E-state index contributed by atoms with van der Waals surface area (Å²) in [5.41, 5.74) is 1.78. The molecule has 3 nitrogen and oxygen atoms in total. The van der Waals surface area contributed by atoms with E-state index in [0.29, 0.717) is 38.3 Å². The van der Waals surface area contributed by atoms with Crippen LogP contribution in [0, 0.1) is 5.82 Å². The van der Waals surface area contributed by atoms with Gasteiger partial charge in [0.05, 0.1) is 5.69 Å². The minimum absolute atomic E-state index is 0.170. The number of para-hydroxylation sites is 1. The summed E-state index contributed by atoms with van der Waals surface area (Å²) in [6.45, 7) is 2.63. The van der Waals surface area contributed by atoms with Crippen LogP contribution in [0.2, 0.25) is 0 Å². The number of hydrogen-bond donors (Lipinski definition) is 0. The first-order valence-corrected chi connectivity index (χ1v) is 8.94. The van der Waals surface area contributed by atoms with E-state index in [9.17, 15) is 9.18 Å². The van der Waals surface area contributed by atoms with Crippen molar-refractivity contribution in [1.82, 2.24) is 4.90 Å². The molecule has 0 saturated carbocycles. The van der Waals surface area contributed by atoms with Crippen molar-refractivity contribution in [3.8, 4) is 0 Å². The van der Waals surface area contributed by atoms with Crippen LogP contribution in [-0.2, 0) is 11.2 Å². The molecular weight excluding hydrogens is 371 g/mol. The molecule has 2 aromatic rings. The molecule has 0 bridgehead atoms. The van der Waals surface area contributed by atoms with Crippen molar-refractivity contribution >= 4 is 27.5 Å². The van der Waals surface area contributed by atoms with Gasteiger partial charge in [0.1, 0.15) is 5.82 Å². The first-order valence-electron chi connectivity index (χ1n) is 8.15. The number of nitrogens with zero attached hydrogens (tertiary/aromatic N) is 2. The van der Waals surface area contributed by atoms with Gasteiger partial charge in [-0.3, -0.25) is 4.79 Å². The van der Waals surface area contributed by atoms with Crippen LogP contribution in [0.15, 0.2) is 53.0 Å². The minimum Gasteiger partial charge on any atom is -0.366 e. The number of aryl methyl sites for hydroxylation is 1. The monoisotopic (exact) mass is 390 g/mol. The molecule has 1 aliphatic rings. The van der Waals surface area contributed by atoms with Crippen LogP contribution < -0.4 is 4.90 Å². The number of hydrogen-bond acceptors (Lipinski definition) is 2. The Hall–Kier alpha value is -1.88. The second-order valence-electron chi connectivity index (χ2n) is 5.95. The summed E-state index contributed by atoms with van der Waals surface area (Å²) in [6, 6.07) is 14.8. The van der Waals surface area contributed by atoms with Gasteiger partial charge in [-0.05, 0) is 36.2 Å². The summed E-state index contributed by atoms with van der Waals surface area (Å²) in [5.74, 6) is -0.0323. The second kappa shape index (κ2) is 7.79. The molecule has 0 spiro atoms. The van der Waals surface area contributed by atoms with Gasteiger partial charge in [0.25, 0.3) is 0 Å². The first-order chi connectivity index (χ1) is 11.6. The maximum Gasteiger partial charge on any atom is 0.223 e. The Bertz CT molecular complexity index is 714. The van der Waals surface area contributed by atoms with Gasteiger partial charge < -0.3 is 9.80 Å². The van der Waals surface area contributed by atoms with Crippen LogP contribution in [-0.4, -0.2) is 37.0 Å². The smallest absolute Gasteiger partial charge is 0.223 e. The largest absolute Gasteiger partial charge is 0.366 e. The highest BCUT2D eigenvalue weighted by Gasteiger charge is 2.22. The zero-order valence-corrected chi connectivity index (χ0v) is 15.0. The van der Waals surface area contributed by atoms with Crippen LogP contribution in [0.1, 0.15) is 12.0 Å². The summed E-state index contributed by atoms with van der Waals surface area (Å²) in [4.78, 5) is 16.3. The zero-order chi connectivity index (χ0) is 16.9. The third-order valence-corrected chi connectivity index (χ3v) is 4.84. The van der Waals surface area contributed by atoms with Crippen LogP contribution in [0.25, 0.3) is 0 Å². The van der Waals surface area contributed by atoms with E-state index in [1.165, 1.54) is 6.07 Å². The standard InChI is InChI=1S/C19H20BrFN2O/c20-16-5-3-4-15(14-16)8-9-19(24)23-12-10-22(11-13-23)18-7-2-1-6-17(18)21/h1-7,14H,8-13H2. The molecule has 0 unspecified atom stereocenters. The molecule has 126 valence electrons. The highest BCUT2D eigenvalue weighted by Crippen LogP contribution is 2.20. The molecule has 1 aliphatic heterocycles. The molecule has 3 rings (SSSR count). The average Bonchev–Trinajstić information content (AvgIpc) is 2.60. The molecule has 1 heterocycles. The van der Waals surface area contributed by atoms with E-state index in [1.807, 2.05) is 40.1 Å². The lowest BCUT2D eigenvalue weighted by molar-refractivity contribution is -0.131. The fourth-order valence-corrected chi connectivity index (χ4v) is 3.45. The fourth-order valence-electron chi connectivity index (χ4n) is 3.01. The molecule has 1 saturated heterocycles. The molecule has 0 radical (unpaired) electrons. The number of carbonyl (C=O) groups excluding carboxylic acids is 1. The zero-order valence-electron chi connectivity index (χ0n) is 13.4. The quantitative estimate of drug-likeness (QED) is 0.790. The Labute approximate surface area is 150 Å². The Morgan fingerprint density at radius 2 is 1.79 bits per heavy atom. The molecular formula is C19H20BrFN2O. The van der Waals surface area contributed by atoms with Gasteiger partial charge in [-0.2, -0.15) is 0 Å². The van der Waals surface area contributed by atoms with E-state index in [-0.39, 0.29) is 11.7 Å². The normalized spacial score (nSPS) is 14.8. The summed E-state index contributed by atoms with van der Waals surface area (Å²) >= 11 is 3.45. The average molecular weight is 391 g/mol. The van der Waals surface area contributed by atoms with Gasteiger partial charge in [-0.25, -0.2) is 4.39 Å². The summed E-state index contributed by atoms with van der Waals surface area (Å²) in [5, 5.41) is 0. The predicted octanol–water partition coefficient (Wildman–Crippen LogP) is 3.87. The lowest BCUT2D eigenvalue weighted by Gasteiger charge is -2.36. The summed E-state index contributed by atoms with van der Waals surface area (Å²) in [6.07, 6.45) is 1.25. The lowest BCUT2D eigenvalue weighted by atomic mass is 10.1. The van der Waals surface area contributed by atoms with Crippen LogP contribution in [0.3, 0.4) is 0 Å². The fraction of sp³-hybridized carbons (Fsp3) is 0.316. The molecule has 24 heavy (non-hydrogen) atoms. The van der Waals surface area contributed by atoms with Crippen molar-refractivity contribution in [2.45, 2.75) is 12.8 Å². The van der Waals surface area contributed by atoms with E-state index in [1.54, 1.807) is 12.1 Å². The van der Waals surface area contributed by atoms with Crippen molar-refractivity contribution in [3.05, 3.63) is 64.4 Å². The highest BCUT2D eigenvalue weighted by molar-refractivity contribution is 9.10. The Morgan fingerprint density at radius 1 is 1.04 bits per heavy atom. The molecule has 0 aliphatic carbocycles. The van der Waals surface area contributed by atoms with Crippen molar-refractivity contribution < 1.29 is 9.18 Å². The van der Waals surface area contributed by atoms with E-state index < -0.39 is 0 Å². The van der Waals surface area contributed by atoms with Crippen molar-refractivity contribution in [2.75, 3.05) is 31.1 Å². The molecule has 0 atom stereocenters. The molecule has 0 N–H and O–H groups in total.